The van der Waals surface area contributed by atoms with Crippen molar-refractivity contribution >= 4 is 16.7 Å². The van der Waals surface area contributed by atoms with Gasteiger partial charge in [0.25, 0.3) is 6.43 Å². The number of fused-ring (bicyclic) bond motifs is 3. The summed E-state index contributed by atoms with van der Waals surface area (Å²) >= 11 is 0. The maximum absolute atomic E-state index is 14.4. The Morgan fingerprint density at radius 3 is 2.29 bits per heavy atom. The maximum Gasteiger partial charge on any atom is 0.308 e. The minimum Gasteiger partial charge on any atom is -0.490 e. The minimum absolute atomic E-state index is 0.00925. The molecule has 0 N–H and O–H groups in total. The molecule has 1 saturated carbocycles. The molecule has 190 valence electrons. The number of alkyl halides is 2. The number of halogens is 2. The molecular formula is C29H37F2NO3. The number of carbonyl (C=O) groups excluding carboxylic acids is 1. The summed E-state index contributed by atoms with van der Waals surface area (Å²) < 4.78 is 40.0. The predicted octanol–water partition coefficient (Wildman–Crippen LogP) is 7.21. The van der Waals surface area contributed by atoms with Crippen LogP contribution in [0.2, 0.25) is 0 Å². The molecule has 2 aromatic carbocycles. The van der Waals surface area contributed by atoms with Crippen LogP contribution in [0.1, 0.15) is 88.8 Å². The number of carbonyl (C=O) groups is 1. The molecule has 0 aromatic heterocycles. The van der Waals surface area contributed by atoms with E-state index in [4.69, 9.17) is 9.47 Å². The van der Waals surface area contributed by atoms with Crippen LogP contribution in [0.4, 0.5) is 8.78 Å². The van der Waals surface area contributed by atoms with Crippen molar-refractivity contribution in [3.63, 3.8) is 0 Å². The van der Waals surface area contributed by atoms with E-state index in [0.717, 1.165) is 62.3 Å². The number of hydrogen-bond donors (Lipinski definition) is 0. The van der Waals surface area contributed by atoms with Gasteiger partial charge >= 0.3 is 5.97 Å². The zero-order valence-corrected chi connectivity index (χ0v) is 21.0. The molecule has 3 fully saturated rings. The van der Waals surface area contributed by atoms with Crippen LogP contribution in [-0.2, 0) is 9.53 Å². The second-order valence-corrected chi connectivity index (χ2v) is 11.0. The van der Waals surface area contributed by atoms with Crippen molar-refractivity contribution in [3.8, 4) is 5.75 Å². The molecule has 1 aliphatic carbocycles. The fourth-order valence-electron chi connectivity index (χ4n) is 6.83. The number of hydrogen-bond acceptors (Lipinski definition) is 4. The fourth-order valence-corrected chi connectivity index (χ4v) is 6.83. The van der Waals surface area contributed by atoms with Gasteiger partial charge < -0.3 is 9.47 Å². The number of esters is 1. The van der Waals surface area contributed by atoms with Crippen molar-refractivity contribution in [2.75, 3.05) is 7.11 Å². The molecule has 3 aliphatic rings. The monoisotopic (exact) mass is 485 g/mol. The van der Waals surface area contributed by atoms with Gasteiger partial charge in [0.1, 0.15) is 5.75 Å². The number of methoxy groups -OCH3 is 1. The zero-order chi connectivity index (χ0) is 24.7. The Hall–Kier alpha value is -2.21. The third kappa shape index (κ3) is 4.78. The molecule has 5 rings (SSSR count). The van der Waals surface area contributed by atoms with Gasteiger partial charge in [0, 0.05) is 18.1 Å². The Bertz CT molecular complexity index is 1050. The quantitative estimate of drug-likeness (QED) is 0.405. The average Bonchev–Trinajstić information content (AvgIpc) is 3.12. The van der Waals surface area contributed by atoms with Gasteiger partial charge in [-0.3, -0.25) is 9.69 Å². The van der Waals surface area contributed by atoms with E-state index in [9.17, 15) is 13.6 Å². The molecule has 2 heterocycles. The van der Waals surface area contributed by atoms with Crippen LogP contribution in [-0.4, -0.2) is 36.2 Å². The van der Waals surface area contributed by atoms with Crippen molar-refractivity contribution in [1.82, 2.24) is 4.90 Å². The second kappa shape index (κ2) is 10.0. The highest BCUT2D eigenvalue weighted by molar-refractivity contribution is 5.88. The molecular weight excluding hydrogens is 448 g/mol. The molecule has 2 bridgehead atoms. The second-order valence-electron chi connectivity index (χ2n) is 11.0. The summed E-state index contributed by atoms with van der Waals surface area (Å²) in [5.41, 5.74) is 1.05. The first kappa shape index (κ1) is 24.5. The number of piperidine rings is 1. The number of nitrogens with zero attached hydrogens (tertiary/aromatic N) is 1. The van der Waals surface area contributed by atoms with Gasteiger partial charge in [0.15, 0.2) is 0 Å². The smallest absolute Gasteiger partial charge is 0.308 e. The zero-order valence-electron chi connectivity index (χ0n) is 21.0. The number of benzene rings is 2. The highest BCUT2D eigenvalue weighted by Crippen LogP contribution is 2.45. The molecule has 2 aromatic rings. The lowest BCUT2D eigenvalue weighted by Crippen LogP contribution is -2.46. The Balaban J connectivity index is 1.42. The largest absolute Gasteiger partial charge is 0.490 e. The van der Waals surface area contributed by atoms with Crippen LogP contribution in [0.15, 0.2) is 30.3 Å². The van der Waals surface area contributed by atoms with E-state index in [1.807, 2.05) is 18.2 Å². The summed E-state index contributed by atoms with van der Waals surface area (Å²) in [6, 6.07) is 10.3. The van der Waals surface area contributed by atoms with Gasteiger partial charge in [-0.2, -0.15) is 0 Å². The topological polar surface area (TPSA) is 38.8 Å². The van der Waals surface area contributed by atoms with Crippen molar-refractivity contribution < 1.29 is 23.0 Å². The van der Waals surface area contributed by atoms with Crippen molar-refractivity contribution in [3.05, 3.63) is 41.5 Å². The molecule has 3 unspecified atom stereocenters. The minimum atomic E-state index is -2.60. The van der Waals surface area contributed by atoms with Crippen LogP contribution in [0, 0.1) is 11.8 Å². The third-order valence-electron chi connectivity index (χ3n) is 8.78. The van der Waals surface area contributed by atoms with Crippen molar-refractivity contribution in [2.24, 2.45) is 11.8 Å². The molecule has 0 spiro atoms. The van der Waals surface area contributed by atoms with Crippen LogP contribution in [0.3, 0.4) is 0 Å². The lowest BCUT2D eigenvalue weighted by Gasteiger charge is -2.42. The van der Waals surface area contributed by atoms with Crippen LogP contribution >= 0.6 is 0 Å². The lowest BCUT2D eigenvalue weighted by atomic mass is 9.88. The van der Waals surface area contributed by atoms with E-state index in [2.05, 4.69) is 24.8 Å². The molecule has 6 heteroatoms. The molecule has 3 atom stereocenters. The molecule has 0 amide bonds. The maximum atomic E-state index is 14.4. The Labute approximate surface area is 207 Å². The van der Waals surface area contributed by atoms with Crippen LogP contribution < -0.4 is 4.74 Å². The fraction of sp³-hybridized carbons (Fsp3) is 0.621. The van der Waals surface area contributed by atoms with Gasteiger partial charge in [0.05, 0.1) is 24.7 Å². The Morgan fingerprint density at radius 2 is 1.66 bits per heavy atom. The molecule has 0 radical (unpaired) electrons. The Morgan fingerprint density at radius 1 is 1.00 bits per heavy atom. The first-order chi connectivity index (χ1) is 16.9. The van der Waals surface area contributed by atoms with Gasteiger partial charge in [0.2, 0.25) is 0 Å². The highest BCUT2D eigenvalue weighted by atomic mass is 19.3. The van der Waals surface area contributed by atoms with E-state index in [-0.39, 0.29) is 29.6 Å². The lowest BCUT2D eigenvalue weighted by molar-refractivity contribution is -0.148. The van der Waals surface area contributed by atoms with Gasteiger partial charge in [-0.05, 0) is 92.7 Å². The van der Waals surface area contributed by atoms with Crippen LogP contribution in [0.5, 0.6) is 5.75 Å². The summed E-state index contributed by atoms with van der Waals surface area (Å²) in [5, 5.41) is 1.40. The number of rotatable bonds is 6. The number of ether oxygens (including phenoxy) is 2. The third-order valence-corrected chi connectivity index (χ3v) is 8.78. The standard InChI is InChI=1S/C29H37F2NO3/c1-17-4-11-24(12-5-17)35-26-13-8-19-6-7-20(16-25(19)27(26)28(30)31)18(2)32-22-9-10-23(32)15-21(14-22)29(33)34-3/h6-8,13,16-18,21-24,28H,4-5,9-12,14-15H2,1-3H3. The molecule has 2 saturated heterocycles. The SMILES string of the molecule is COC(=O)C1CC2CCC(C1)N2C(C)c1ccc2ccc(OC3CCC(C)CC3)c(C(F)F)c2c1. The van der Waals surface area contributed by atoms with Gasteiger partial charge in [-0.1, -0.05) is 25.1 Å². The average molecular weight is 486 g/mol. The van der Waals surface area contributed by atoms with E-state index in [0.29, 0.717) is 29.1 Å². The summed E-state index contributed by atoms with van der Waals surface area (Å²) in [6.45, 7) is 4.40. The summed E-state index contributed by atoms with van der Waals surface area (Å²) in [7, 11) is 1.46. The summed E-state index contributed by atoms with van der Waals surface area (Å²) in [6.07, 6.45) is 5.16. The molecule has 35 heavy (non-hydrogen) atoms. The first-order valence-electron chi connectivity index (χ1n) is 13.2. The Kier molecular flexibility index (Phi) is 7.02. The molecule has 4 nitrogen and oxygen atoms in total. The summed E-state index contributed by atoms with van der Waals surface area (Å²) in [5.74, 6) is 0.862. The predicted molar refractivity (Wildman–Crippen MR) is 133 cm³/mol. The van der Waals surface area contributed by atoms with E-state index in [1.165, 1.54) is 7.11 Å². The highest BCUT2D eigenvalue weighted by Gasteiger charge is 2.45. The molecule has 2 aliphatic heterocycles. The van der Waals surface area contributed by atoms with Crippen LogP contribution in [0.25, 0.3) is 10.8 Å². The van der Waals surface area contributed by atoms with Crippen molar-refractivity contribution in [1.29, 1.82) is 0 Å². The van der Waals surface area contributed by atoms with Gasteiger partial charge in [-0.25, -0.2) is 8.78 Å². The summed E-state index contributed by atoms with van der Waals surface area (Å²) in [4.78, 5) is 14.7. The van der Waals surface area contributed by atoms with E-state index < -0.39 is 6.43 Å². The van der Waals surface area contributed by atoms with Gasteiger partial charge in [-0.15, -0.1) is 0 Å². The van der Waals surface area contributed by atoms with E-state index in [1.54, 1.807) is 6.07 Å². The normalized spacial score (nSPS) is 29.9. The van der Waals surface area contributed by atoms with E-state index >= 15 is 0 Å². The first-order valence-corrected chi connectivity index (χ1v) is 13.2. The van der Waals surface area contributed by atoms with Crippen molar-refractivity contribution in [2.45, 2.75) is 95.9 Å².